The monoisotopic (exact) mass is 1220 g/mol. The van der Waals surface area contributed by atoms with Gasteiger partial charge >= 0.3 is 0 Å². The first-order valence-electron chi connectivity index (χ1n) is 34.6. The Bertz CT molecular complexity index is 1880. The maximum atomic E-state index is 13.3. The average molecular weight is 1220 g/mol. The smallest absolute Gasteiger partial charge is 0.220 e. The van der Waals surface area contributed by atoms with Crippen molar-refractivity contribution in [3.8, 4) is 0 Å². The van der Waals surface area contributed by atoms with Crippen LogP contribution >= 0.6 is 0 Å². The van der Waals surface area contributed by atoms with Crippen molar-refractivity contribution in [2.45, 2.75) is 325 Å². The largest absolute Gasteiger partial charge is 0.394 e. The molecule has 12 unspecified atom stereocenters. The van der Waals surface area contributed by atoms with Gasteiger partial charge in [0.15, 0.2) is 12.6 Å². The number of allylic oxidation sites excluding steroid dienone is 18. The lowest BCUT2D eigenvalue weighted by Gasteiger charge is -2.46. The van der Waals surface area contributed by atoms with Gasteiger partial charge in [0.1, 0.15) is 48.8 Å². The van der Waals surface area contributed by atoms with E-state index in [2.05, 4.69) is 129 Å². The van der Waals surface area contributed by atoms with Gasteiger partial charge in [-0.05, 0) is 83.5 Å². The molecule has 0 saturated carbocycles. The van der Waals surface area contributed by atoms with E-state index in [1.807, 2.05) is 0 Å². The summed E-state index contributed by atoms with van der Waals surface area (Å²) < 4.78 is 22.9. The highest BCUT2D eigenvalue weighted by Gasteiger charge is 2.51. The predicted octanol–water partition coefficient (Wildman–Crippen LogP) is 14.0. The van der Waals surface area contributed by atoms with Crippen molar-refractivity contribution >= 4 is 5.91 Å². The lowest BCUT2D eigenvalue weighted by molar-refractivity contribution is -0.359. The number of ether oxygens (including phenoxy) is 4. The maximum Gasteiger partial charge on any atom is 0.220 e. The van der Waals surface area contributed by atoms with E-state index in [0.29, 0.717) is 19.3 Å². The zero-order valence-electron chi connectivity index (χ0n) is 54.2. The molecule has 2 heterocycles. The van der Waals surface area contributed by atoms with E-state index in [-0.39, 0.29) is 12.5 Å². The maximum absolute atomic E-state index is 13.3. The molecule has 2 rings (SSSR count). The van der Waals surface area contributed by atoms with Crippen LogP contribution in [0.1, 0.15) is 251 Å². The molecule has 14 nitrogen and oxygen atoms in total. The number of carbonyl (C=O) groups excluding carboxylic acids is 1. The first kappa shape index (κ1) is 79.7. The summed E-state index contributed by atoms with van der Waals surface area (Å²) in [4.78, 5) is 13.3. The molecule has 9 N–H and O–H groups in total. The molecule has 2 saturated heterocycles. The normalized spacial score (nSPS) is 24.0. The molecule has 0 aromatic heterocycles. The highest BCUT2D eigenvalue weighted by atomic mass is 16.7. The van der Waals surface area contributed by atoms with Gasteiger partial charge in [0.05, 0.1) is 32.0 Å². The van der Waals surface area contributed by atoms with Crippen LogP contribution in [0.15, 0.2) is 109 Å². The van der Waals surface area contributed by atoms with Crippen molar-refractivity contribution in [2.75, 3.05) is 19.8 Å². The van der Waals surface area contributed by atoms with Crippen molar-refractivity contribution in [1.29, 1.82) is 0 Å². The quantitative estimate of drug-likeness (QED) is 0.0204. The number of carbonyl (C=O) groups is 1. The number of hydrogen-bond donors (Lipinski definition) is 9. The number of hydrogen-bond acceptors (Lipinski definition) is 13. The van der Waals surface area contributed by atoms with Crippen LogP contribution in [0.2, 0.25) is 0 Å². The Morgan fingerprint density at radius 2 is 0.793 bits per heavy atom. The van der Waals surface area contributed by atoms with Gasteiger partial charge < -0.3 is 65.1 Å². The minimum atomic E-state index is -1.79. The molecule has 12 atom stereocenters. The molecule has 2 aliphatic rings. The Labute approximate surface area is 527 Å². The van der Waals surface area contributed by atoms with Crippen LogP contribution in [-0.4, -0.2) is 140 Å². The highest BCUT2D eigenvalue weighted by Crippen LogP contribution is 2.30. The van der Waals surface area contributed by atoms with Crippen molar-refractivity contribution in [3.05, 3.63) is 109 Å². The summed E-state index contributed by atoms with van der Waals surface area (Å²) in [5, 5.41) is 87.5. The number of nitrogens with one attached hydrogen (secondary N) is 1. The Morgan fingerprint density at radius 1 is 0.425 bits per heavy atom. The molecule has 0 radical (unpaired) electrons. The molecular weight excluding hydrogens is 1100 g/mol. The fourth-order valence-corrected chi connectivity index (χ4v) is 10.8. The van der Waals surface area contributed by atoms with Crippen LogP contribution < -0.4 is 5.32 Å². The summed E-state index contributed by atoms with van der Waals surface area (Å²) in [6, 6.07) is -0.839. The number of rotatable bonds is 55. The molecule has 0 spiro atoms. The standard InChI is InChI=1S/C73H125NO13/c1-3-5-7-9-11-13-15-17-19-21-22-23-24-25-26-27-28-29-30-31-32-33-34-35-36-37-38-39-40-41-43-45-47-49-51-53-55-57-65(78)74-61(62(77)56-54-52-50-48-46-44-42-20-18-16-14-12-10-8-6-4-2)60-84-72-70(83)68(81)71(64(59-76)86-72)87-73-69(82)67(80)66(79)63(58-75)85-73/h5,7,11,13,17,19,22-23,25-26,28-29,31-32,34-35,37-38,61-64,66-73,75-77,79-83H,3-4,6,8-10,12,14-16,18,20-21,24,27,30,33,36,39-60H2,1-2H3,(H,74,78)/b7-5-,13-11-,19-17-,23-22-,26-25-,29-28-,32-31-,35-34-,38-37-. The van der Waals surface area contributed by atoms with E-state index in [4.69, 9.17) is 18.9 Å². The van der Waals surface area contributed by atoms with Crippen LogP contribution in [0.5, 0.6) is 0 Å². The van der Waals surface area contributed by atoms with Crippen molar-refractivity contribution < 1.29 is 64.6 Å². The van der Waals surface area contributed by atoms with E-state index >= 15 is 0 Å². The molecule has 500 valence electrons. The van der Waals surface area contributed by atoms with E-state index in [1.54, 1.807) is 0 Å². The van der Waals surface area contributed by atoms with E-state index in [1.165, 1.54) is 109 Å². The second kappa shape index (κ2) is 56.6. The first-order chi connectivity index (χ1) is 42.6. The Hall–Kier alpha value is -3.35. The van der Waals surface area contributed by atoms with Gasteiger partial charge in [-0.15, -0.1) is 0 Å². The van der Waals surface area contributed by atoms with Gasteiger partial charge in [-0.1, -0.05) is 271 Å². The lowest BCUT2D eigenvalue weighted by Crippen LogP contribution is -2.65. The zero-order valence-corrected chi connectivity index (χ0v) is 54.2. The summed E-state index contributed by atoms with van der Waals surface area (Å²) in [6.45, 7) is 2.75. The fraction of sp³-hybridized carbons (Fsp3) is 0.740. The Kier molecular flexibility index (Phi) is 51.9. The molecule has 0 aromatic rings. The molecule has 0 aliphatic carbocycles. The summed E-state index contributed by atoms with van der Waals surface area (Å²) in [5.74, 6) is -0.216. The number of aliphatic hydroxyl groups is 8. The lowest BCUT2D eigenvalue weighted by atomic mass is 9.97. The summed E-state index contributed by atoms with van der Waals surface area (Å²) in [5.41, 5.74) is 0. The Morgan fingerprint density at radius 3 is 1.22 bits per heavy atom. The number of amides is 1. The second-order valence-corrected chi connectivity index (χ2v) is 23.9. The highest BCUT2D eigenvalue weighted by molar-refractivity contribution is 5.76. The van der Waals surface area contributed by atoms with Gasteiger partial charge in [-0.3, -0.25) is 4.79 Å². The van der Waals surface area contributed by atoms with Crippen LogP contribution in [0.25, 0.3) is 0 Å². The van der Waals surface area contributed by atoms with Gasteiger partial charge in [0.25, 0.3) is 0 Å². The topological polar surface area (TPSA) is 228 Å². The third-order valence-electron chi connectivity index (χ3n) is 16.3. The molecule has 0 aromatic carbocycles. The Balaban J connectivity index is 1.64. The van der Waals surface area contributed by atoms with E-state index < -0.39 is 86.8 Å². The molecule has 1 amide bonds. The summed E-state index contributed by atoms with van der Waals surface area (Å²) in [7, 11) is 0. The molecule has 14 heteroatoms. The van der Waals surface area contributed by atoms with Crippen LogP contribution in [-0.2, 0) is 23.7 Å². The minimum Gasteiger partial charge on any atom is -0.394 e. The van der Waals surface area contributed by atoms with Crippen molar-refractivity contribution in [2.24, 2.45) is 0 Å². The molecule has 2 fully saturated rings. The van der Waals surface area contributed by atoms with Crippen LogP contribution in [0.4, 0.5) is 0 Å². The van der Waals surface area contributed by atoms with Gasteiger partial charge in [0.2, 0.25) is 5.91 Å². The second-order valence-electron chi connectivity index (χ2n) is 23.9. The van der Waals surface area contributed by atoms with Gasteiger partial charge in [0, 0.05) is 6.42 Å². The third-order valence-corrected chi connectivity index (χ3v) is 16.3. The fourth-order valence-electron chi connectivity index (χ4n) is 10.8. The summed E-state index contributed by atoms with van der Waals surface area (Å²) >= 11 is 0. The van der Waals surface area contributed by atoms with Crippen LogP contribution in [0, 0.1) is 0 Å². The van der Waals surface area contributed by atoms with Crippen molar-refractivity contribution in [3.63, 3.8) is 0 Å². The zero-order chi connectivity index (χ0) is 63.1. The number of unbranched alkanes of at least 4 members (excludes halogenated alkanes) is 24. The minimum absolute atomic E-state index is 0.216. The third kappa shape index (κ3) is 40.9. The van der Waals surface area contributed by atoms with E-state index in [0.717, 1.165) is 109 Å². The van der Waals surface area contributed by atoms with E-state index in [9.17, 15) is 45.6 Å². The number of aliphatic hydroxyl groups excluding tert-OH is 8. The molecule has 0 bridgehead atoms. The molecule has 2 aliphatic heterocycles. The average Bonchev–Trinajstić information content (AvgIpc) is 2.36. The van der Waals surface area contributed by atoms with Gasteiger partial charge in [-0.25, -0.2) is 0 Å². The predicted molar refractivity (Wildman–Crippen MR) is 355 cm³/mol. The summed E-state index contributed by atoms with van der Waals surface area (Å²) in [6.07, 6.45) is 63.8. The van der Waals surface area contributed by atoms with Gasteiger partial charge in [-0.2, -0.15) is 0 Å². The first-order valence-corrected chi connectivity index (χ1v) is 34.6. The van der Waals surface area contributed by atoms with Crippen LogP contribution in [0.3, 0.4) is 0 Å². The SMILES string of the molecule is CC/C=C\C/C=C\C/C=C\C/C=C\C/C=C\C/C=C\C/C=C\C/C=C\C/C=C\CCCCCCCCCCCC(=O)NC(COC1OC(CO)C(OC2OC(CO)C(O)C(O)C2O)C(O)C1O)C(O)CCCCCCCCCCCCCCCCCC. The molecule has 87 heavy (non-hydrogen) atoms. The molecular formula is C73H125NO13. The van der Waals surface area contributed by atoms with Crippen molar-refractivity contribution in [1.82, 2.24) is 5.32 Å².